The van der Waals surface area contributed by atoms with Crippen LogP contribution >= 0.6 is 68.0 Å². The lowest BCUT2D eigenvalue weighted by Gasteiger charge is -2.27. The van der Waals surface area contributed by atoms with Crippen molar-refractivity contribution in [2.75, 3.05) is 13.1 Å². The standard InChI is InChI=1S/C51H60N2O2S6/c1-9-12-13-14-15-16-19-33(6)31-53-47(36-24-25-42(60-36)50(7,10-2)40-20-17-26-56-40)45-44(49(53)55)46(52(48(45)54)30-32(4)5)35-23-22-34(58-35)37-28-38-39(59-37)29-43(61-38)51(8,11-3)41-21-18-27-57-41/h17-18,20-29,32-33H,9-16,19,30-31H2,1-8H3. The molecule has 2 aliphatic rings. The monoisotopic (exact) mass is 924 g/mol. The van der Waals surface area contributed by atoms with Crippen LogP contribution in [0.1, 0.15) is 142 Å². The topological polar surface area (TPSA) is 40.6 Å². The van der Waals surface area contributed by atoms with Crippen molar-refractivity contribution in [2.45, 2.75) is 124 Å². The molecule has 3 atom stereocenters. The third-order valence-electron chi connectivity index (χ3n) is 13.0. The lowest BCUT2D eigenvalue weighted by atomic mass is 9.84. The van der Waals surface area contributed by atoms with Gasteiger partial charge in [0.2, 0.25) is 0 Å². The van der Waals surface area contributed by atoms with E-state index in [-0.39, 0.29) is 28.6 Å². The highest BCUT2D eigenvalue weighted by atomic mass is 32.1. The maximum absolute atomic E-state index is 15.2. The summed E-state index contributed by atoms with van der Waals surface area (Å²) in [6.45, 7) is 19.3. The molecule has 0 radical (unpaired) electrons. The van der Waals surface area contributed by atoms with Crippen molar-refractivity contribution in [3.63, 3.8) is 0 Å². The van der Waals surface area contributed by atoms with Crippen molar-refractivity contribution in [3.05, 3.63) is 112 Å². The molecule has 322 valence electrons. The van der Waals surface area contributed by atoms with Crippen LogP contribution in [0.4, 0.5) is 0 Å². The Labute approximate surface area is 387 Å². The van der Waals surface area contributed by atoms with E-state index < -0.39 is 0 Å². The van der Waals surface area contributed by atoms with Gasteiger partial charge in [-0.25, -0.2) is 0 Å². The summed E-state index contributed by atoms with van der Waals surface area (Å²) in [4.78, 5) is 44.1. The van der Waals surface area contributed by atoms with Gasteiger partial charge in [-0.15, -0.1) is 68.0 Å². The van der Waals surface area contributed by atoms with Crippen LogP contribution in [0.25, 0.3) is 30.5 Å². The molecule has 0 spiro atoms. The Morgan fingerprint density at radius 3 is 1.70 bits per heavy atom. The number of fused-ring (bicyclic) bond motifs is 2. The first kappa shape index (κ1) is 44.5. The second-order valence-electron chi connectivity index (χ2n) is 17.9. The van der Waals surface area contributed by atoms with Crippen LogP contribution < -0.4 is 0 Å². The molecule has 3 unspecified atom stereocenters. The molecule has 6 aromatic rings. The molecule has 61 heavy (non-hydrogen) atoms. The minimum atomic E-state index is -0.140. The molecule has 0 fully saturated rings. The largest absolute Gasteiger partial charge is 0.306 e. The molecular weight excluding hydrogens is 865 g/mol. The van der Waals surface area contributed by atoms with Gasteiger partial charge in [0.05, 0.1) is 32.3 Å². The highest BCUT2D eigenvalue weighted by Gasteiger charge is 2.50. The molecular formula is C51H60N2O2S6. The highest BCUT2D eigenvalue weighted by Crippen LogP contribution is 2.52. The van der Waals surface area contributed by atoms with Crippen molar-refractivity contribution in [3.8, 4) is 9.75 Å². The Morgan fingerprint density at radius 1 is 0.557 bits per heavy atom. The molecule has 4 nitrogen and oxygen atoms in total. The van der Waals surface area contributed by atoms with E-state index >= 15 is 9.59 Å². The molecule has 6 aromatic heterocycles. The van der Waals surface area contributed by atoms with E-state index in [4.69, 9.17) is 0 Å². The Kier molecular flexibility index (Phi) is 13.5. The maximum Gasteiger partial charge on any atom is 0.261 e. The number of rotatable bonds is 20. The number of hydrogen-bond acceptors (Lipinski definition) is 8. The summed E-state index contributed by atoms with van der Waals surface area (Å²) in [5, 5.41) is 4.34. The normalized spacial score (nSPS) is 17.1. The number of nitrogens with zero attached hydrogens (tertiary/aromatic N) is 2. The summed E-state index contributed by atoms with van der Waals surface area (Å²) in [5.41, 5.74) is 2.67. The average molecular weight is 925 g/mol. The minimum Gasteiger partial charge on any atom is -0.306 e. The molecule has 0 N–H and O–H groups in total. The van der Waals surface area contributed by atoms with Gasteiger partial charge in [0, 0.05) is 62.6 Å². The zero-order valence-corrected chi connectivity index (χ0v) is 41.9. The second kappa shape index (κ2) is 18.5. The first-order chi connectivity index (χ1) is 29.4. The lowest BCUT2D eigenvalue weighted by Crippen LogP contribution is -2.33. The van der Waals surface area contributed by atoms with Crippen molar-refractivity contribution >= 4 is 101 Å². The van der Waals surface area contributed by atoms with Crippen LogP contribution in [0.5, 0.6) is 0 Å². The number of carbonyl (C=O) groups is 2. The Balaban J connectivity index is 1.18. The average Bonchev–Trinajstić information content (AvgIpc) is 4.09. The Hall–Kier alpha value is -3.12. The van der Waals surface area contributed by atoms with Crippen LogP contribution in [0.2, 0.25) is 0 Å². The molecule has 0 saturated heterocycles. The van der Waals surface area contributed by atoms with E-state index in [1.807, 2.05) is 43.8 Å². The third-order valence-corrected chi connectivity index (χ3v) is 20.5. The molecule has 0 bridgehead atoms. The number of amides is 2. The van der Waals surface area contributed by atoms with Crippen LogP contribution in [-0.4, -0.2) is 34.7 Å². The molecule has 0 saturated carbocycles. The molecule has 0 aliphatic carbocycles. The van der Waals surface area contributed by atoms with Crippen LogP contribution in [-0.2, 0) is 20.4 Å². The van der Waals surface area contributed by atoms with Crippen molar-refractivity contribution in [1.29, 1.82) is 0 Å². The molecule has 2 aliphatic heterocycles. The lowest BCUT2D eigenvalue weighted by molar-refractivity contribution is -0.124. The summed E-state index contributed by atoms with van der Waals surface area (Å²) >= 11 is 10.9. The zero-order chi connectivity index (χ0) is 43.1. The van der Waals surface area contributed by atoms with Gasteiger partial charge in [0.1, 0.15) is 0 Å². The fourth-order valence-electron chi connectivity index (χ4n) is 9.01. The van der Waals surface area contributed by atoms with Gasteiger partial charge in [-0.05, 0) is 104 Å². The van der Waals surface area contributed by atoms with Crippen molar-refractivity contribution in [1.82, 2.24) is 9.80 Å². The van der Waals surface area contributed by atoms with Crippen LogP contribution in [0, 0.1) is 11.8 Å². The summed E-state index contributed by atoms with van der Waals surface area (Å²) in [6, 6.07) is 22.4. The van der Waals surface area contributed by atoms with Gasteiger partial charge in [0.25, 0.3) is 11.8 Å². The van der Waals surface area contributed by atoms with E-state index in [1.165, 1.54) is 77.2 Å². The van der Waals surface area contributed by atoms with Crippen LogP contribution in [0.3, 0.4) is 0 Å². The van der Waals surface area contributed by atoms with Gasteiger partial charge in [-0.1, -0.05) is 92.2 Å². The zero-order valence-electron chi connectivity index (χ0n) is 37.0. The van der Waals surface area contributed by atoms with Gasteiger partial charge in [0.15, 0.2) is 0 Å². The SMILES string of the molecule is CCCCCCCCC(C)CN1C(=O)C2=C(c3ccc(-c4cc5sc(C(C)(CC)c6cccs6)cc5s4)s3)N(CC(C)C)C(=O)C2=C1c1ccc(C(C)(CC)c2cccs2)s1. The fourth-order valence-corrected chi connectivity index (χ4v) is 16.2. The van der Waals surface area contributed by atoms with Crippen molar-refractivity contribution in [2.24, 2.45) is 11.8 Å². The first-order valence-corrected chi connectivity index (χ1v) is 27.4. The molecule has 0 aromatic carbocycles. The summed E-state index contributed by atoms with van der Waals surface area (Å²) in [5.74, 6) is 0.480. The Morgan fingerprint density at radius 2 is 1.11 bits per heavy atom. The number of unbranched alkanes of at least 4 members (excludes halogenated alkanes) is 5. The van der Waals surface area contributed by atoms with E-state index in [2.05, 4.69) is 127 Å². The van der Waals surface area contributed by atoms with E-state index in [0.29, 0.717) is 30.2 Å². The van der Waals surface area contributed by atoms with Gasteiger partial charge in [-0.2, -0.15) is 0 Å². The van der Waals surface area contributed by atoms with Gasteiger partial charge in [-0.3, -0.25) is 9.59 Å². The van der Waals surface area contributed by atoms with Crippen LogP contribution in [0.15, 0.2) is 82.6 Å². The number of thiophene rings is 6. The smallest absolute Gasteiger partial charge is 0.261 e. The summed E-state index contributed by atoms with van der Waals surface area (Å²) in [7, 11) is 0. The molecule has 2 amide bonds. The summed E-state index contributed by atoms with van der Waals surface area (Å²) < 4.78 is 2.64. The van der Waals surface area contributed by atoms with Crippen molar-refractivity contribution < 1.29 is 9.59 Å². The predicted molar refractivity (Wildman–Crippen MR) is 269 cm³/mol. The second-order valence-corrected chi connectivity index (χ2v) is 24.2. The number of hydrogen-bond donors (Lipinski definition) is 0. The van der Waals surface area contributed by atoms with E-state index in [0.717, 1.165) is 40.4 Å². The summed E-state index contributed by atoms with van der Waals surface area (Å²) in [6.07, 6.45) is 10.6. The minimum absolute atomic E-state index is 0.0127. The Bertz CT molecular complexity index is 2510. The fraction of sp³-hybridized carbons (Fsp3) is 0.451. The van der Waals surface area contributed by atoms with Gasteiger partial charge >= 0.3 is 0 Å². The predicted octanol–water partition coefficient (Wildman–Crippen LogP) is 16.2. The maximum atomic E-state index is 15.2. The van der Waals surface area contributed by atoms with E-state index in [9.17, 15) is 0 Å². The quantitative estimate of drug-likeness (QED) is 0.0716. The number of carbonyl (C=O) groups excluding carboxylic acids is 2. The highest BCUT2D eigenvalue weighted by molar-refractivity contribution is 7.31. The molecule has 8 heterocycles. The molecule has 10 heteroatoms. The van der Waals surface area contributed by atoms with Gasteiger partial charge < -0.3 is 9.80 Å². The van der Waals surface area contributed by atoms with E-state index in [1.54, 1.807) is 34.0 Å². The first-order valence-electron chi connectivity index (χ1n) is 22.4. The molecule has 8 rings (SSSR count). The third kappa shape index (κ3) is 8.39.